The molecule has 1 aromatic heterocycles. The lowest BCUT2D eigenvalue weighted by Crippen LogP contribution is -2.12. The first-order valence-corrected chi connectivity index (χ1v) is 11.0. The van der Waals surface area contributed by atoms with Gasteiger partial charge < -0.3 is 9.84 Å². The fourth-order valence-electron chi connectivity index (χ4n) is 3.55. The number of fused-ring (bicyclic) bond motifs is 1. The average molecular weight is 440 g/mol. The normalized spacial score (nSPS) is 13.3. The number of ether oxygens (including phenoxy) is 1. The van der Waals surface area contributed by atoms with Crippen LogP contribution in [0, 0.1) is 0 Å². The molecule has 2 heterocycles. The Kier molecular flexibility index (Phi) is 5.44. The molecule has 3 aromatic carbocycles. The number of thiazole rings is 1. The van der Waals surface area contributed by atoms with E-state index in [-0.39, 0.29) is 5.88 Å². The first kappa shape index (κ1) is 20.0. The van der Waals surface area contributed by atoms with Crippen LogP contribution in [0.2, 0.25) is 0 Å². The Morgan fingerprint density at radius 2 is 1.88 bits per heavy atom. The summed E-state index contributed by atoms with van der Waals surface area (Å²) >= 11 is 1.46. The van der Waals surface area contributed by atoms with Crippen molar-refractivity contribution in [1.82, 2.24) is 4.57 Å². The van der Waals surface area contributed by atoms with E-state index in [1.807, 2.05) is 78.9 Å². The molecule has 0 saturated carbocycles. The topological polar surface area (TPSA) is 59.1 Å². The second-order valence-corrected chi connectivity index (χ2v) is 8.32. The summed E-state index contributed by atoms with van der Waals surface area (Å²) in [7, 11) is 1.65. The van der Waals surface area contributed by atoms with Crippen LogP contribution in [0.15, 0.2) is 89.0 Å². The van der Waals surface area contributed by atoms with Crippen LogP contribution >= 0.6 is 11.3 Å². The van der Waals surface area contributed by atoms with Gasteiger partial charge in [0.1, 0.15) is 5.75 Å². The smallest absolute Gasteiger partial charge is 0.215 e. The third kappa shape index (κ3) is 4.00. The highest BCUT2D eigenvalue weighted by Crippen LogP contribution is 2.24. The Labute approximate surface area is 189 Å². The van der Waals surface area contributed by atoms with Crippen molar-refractivity contribution in [3.8, 4) is 17.3 Å². The highest BCUT2D eigenvalue weighted by molar-refractivity contribution is 7.10. The third-order valence-electron chi connectivity index (χ3n) is 5.21. The summed E-state index contributed by atoms with van der Waals surface area (Å²) in [5.41, 5.74) is 3.01. The van der Waals surface area contributed by atoms with Crippen molar-refractivity contribution in [2.75, 3.05) is 7.11 Å². The molecule has 5 nitrogen and oxygen atoms in total. The van der Waals surface area contributed by atoms with Gasteiger partial charge in [0.25, 0.3) is 0 Å². The molecule has 6 heteroatoms. The zero-order chi connectivity index (χ0) is 21.9. The average Bonchev–Trinajstić information content (AvgIpc) is 3.42. The first-order valence-electron chi connectivity index (χ1n) is 10.2. The maximum Gasteiger partial charge on any atom is 0.215 e. The second-order valence-electron chi connectivity index (χ2n) is 7.32. The predicted molar refractivity (Wildman–Crippen MR) is 127 cm³/mol. The van der Waals surface area contributed by atoms with Crippen LogP contribution in [0.3, 0.4) is 0 Å². The molecule has 0 unspecified atom stereocenters. The van der Waals surface area contributed by atoms with Crippen LogP contribution in [-0.2, 0) is 6.54 Å². The van der Waals surface area contributed by atoms with E-state index in [9.17, 15) is 5.11 Å². The largest absolute Gasteiger partial charge is 0.497 e. The molecular weight excluding hydrogens is 418 g/mol. The van der Waals surface area contributed by atoms with Crippen LogP contribution in [-0.4, -0.2) is 16.8 Å². The maximum atomic E-state index is 11.1. The molecule has 0 bridgehead atoms. The lowest BCUT2D eigenvalue weighted by Gasteiger charge is -2.05. The van der Waals surface area contributed by atoms with E-state index in [4.69, 9.17) is 9.73 Å². The van der Waals surface area contributed by atoms with E-state index in [0.717, 1.165) is 42.8 Å². The molecule has 0 fully saturated rings. The lowest BCUT2D eigenvalue weighted by molar-refractivity contribution is 0.414. The second kappa shape index (κ2) is 8.69. The number of nitrogens with zero attached hydrogens (tertiary/aromatic N) is 3. The van der Waals surface area contributed by atoms with Gasteiger partial charge in [-0.1, -0.05) is 47.7 Å². The minimum Gasteiger partial charge on any atom is -0.497 e. The van der Waals surface area contributed by atoms with E-state index in [0.29, 0.717) is 6.54 Å². The van der Waals surface area contributed by atoms with Gasteiger partial charge >= 0.3 is 0 Å². The van der Waals surface area contributed by atoms with Gasteiger partial charge in [0.05, 0.1) is 29.6 Å². The fraction of sp³-hybridized carbons (Fsp3) is 0.0769. The molecule has 0 aliphatic carbocycles. The number of benzene rings is 3. The van der Waals surface area contributed by atoms with Crippen LogP contribution in [0.1, 0.15) is 16.0 Å². The van der Waals surface area contributed by atoms with Gasteiger partial charge in [0, 0.05) is 11.8 Å². The fourth-order valence-corrected chi connectivity index (χ4v) is 4.54. The molecule has 0 spiro atoms. The number of aromatic hydroxyl groups is 1. The van der Waals surface area contributed by atoms with Gasteiger partial charge in [-0.2, -0.15) is 0 Å². The number of hydrogen-bond donors (Lipinski definition) is 1. The number of hydrogen-bond acceptors (Lipinski definition) is 5. The molecule has 1 aliphatic rings. The van der Waals surface area contributed by atoms with Gasteiger partial charge in [0.2, 0.25) is 5.88 Å². The van der Waals surface area contributed by atoms with Crippen molar-refractivity contribution in [2.45, 2.75) is 6.54 Å². The Balaban J connectivity index is 1.60. The summed E-state index contributed by atoms with van der Waals surface area (Å²) in [6.07, 6.45) is 5.77. The molecule has 1 N–H and O–H groups in total. The number of para-hydroxylation sites is 1. The van der Waals surface area contributed by atoms with Gasteiger partial charge in [-0.15, -0.1) is 0 Å². The summed E-state index contributed by atoms with van der Waals surface area (Å²) in [5, 5.41) is 13.1. The van der Waals surface area contributed by atoms with E-state index >= 15 is 0 Å². The standard InChI is InChI=1S/C26H21N3O2S/c1-31-22-10-7-18(8-11-22)17-28-26-29(21-5-3-2-4-6-21)25(30)24(32-26)16-19-9-12-23-20(15-19)13-14-27-23/h2-16,30H,17H2,1H3. The van der Waals surface area contributed by atoms with Gasteiger partial charge in [-0.05, 0) is 59.3 Å². The quantitative estimate of drug-likeness (QED) is 0.514. The summed E-state index contributed by atoms with van der Waals surface area (Å²) in [5.74, 6) is 0.992. The zero-order valence-corrected chi connectivity index (χ0v) is 18.3. The monoisotopic (exact) mass is 439 g/mol. The summed E-state index contributed by atoms with van der Waals surface area (Å²) in [4.78, 5) is 10.6. The SMILES string of the molecule is COc1ccc(CN=c2sc(C=c3ccc4c(c3)C=CN=4)c(O)n2-c2ccccc2)cc1. The molecule has 158 valence electrons. The molecule has 0 radical (unpaired) electrons. The molecule has 5 rings (SSSR count). The molecular formula is C26H21N3O2S. The zero-order valence-electron chi connectivity index (χ0n) is 17.5. The van der Waals surface area contributed by atoms with Gasteiger partial charge in [-0.3, -0.25) is 14.6 Å². The lowest BCUT2D eigenvalue weighted by atomic mass is 10.2. The molecule has 1 aliphatic heterocycles. The van der Waals surface area contributed by atoms with Crippen LogP contribution in [0.25, 0.3) is 17.8 Å². The Morgan fingerprint density at radius 1 is 1.06 bits per heavy atom. The summed E-state index contributed by atoms with van der Waals surface area (Å²) in [6, 6.07) is 23.7. The van der Waals surface area contributed by atoms with Crippen LogP contribution < -0.4 is 20.1 Å². The molecule has 0 saturated heterocycles. The maximum absolute atomic E-state index is 11.1. The van der Waals surface area contributed by atoms with E-state index in [1.54, 1.807) is 17.9 Å². The highest BCUT2D eigenvalue weighted by Gasteiger charge is 2.13. The Morgan fingerprint density at radius 3 is 2.66 bits per heavy atom. The Bertz CT molecular complexity index is 1480. The van der Waals surface area contributed by atoms with Crippen molar-refractivity contribution in [3.05, 3.63) is 110 Å². The van der Waals surface area contributed by atoms with Crippen LogP contribution in [0.4, 0.5) is 0 Å². The third-order valence-corrected chi connectivity index (χ3v) is 6.23. The summed E-state index contributed by atoms with van der Waals surface area (Å²) in [6.45, 7) is 0.501. The summed E-state index contributed by atoms with van der Waals surface area (Å²) < 4.78 is 7.03. The van der Waals surface area contributed by atoms with E-state index in [2.05, 4.69) is 11.1 Å². The van der Waals surface area contributed by atoms with Gasteiger partial charge in [0.15, 0.2) is 4.80 Å². The molecule has 4 aromatic rings. The van der Waals surface area contributed by atoms with Crippen LogP contribution in [0.5, 0.6) is 11.6 Å². The number of aromatic nitrogens is 1. The number of rotatable bonds is 5. The molecule has 32 heavy (non-hydrogen) atoms. The van der Waals surface area contributed by atoms with E-state index < -0.39 is 0 Å². The Hall–Kier alpha value is -3.90. The minimum absolute atomic E-state index is 0.176. The predicted octanol–water partition coefficient (Wildman–Crippen LogP) is 3.79. The number of methoxy groups -OCH3 is 1. The first-order chi connectivity index (χ1) is 15.7. The van der Waals surface area contributed by atoms with Crippen molar-refractivity contribution in [1.29, 1.82) is 0 Å². The van der Waals surface area contributed by atoms with Crippen molar-refractivity contribution < 1.29 is 9.84 Å². The van der Waals surface area contributed by atoms with Crippen molar-refractivity contribution in [3.63, 3.8) is 0 Å². The molecule has 0 atom stereocenters. The highest BCUT2D eigenvalue weighted by atomic mass is 32.1. The van der Waals surface area contributed by atoms with E-state index in [1.165, 1.54) is 11.3 Å². The van der Waals surface area contributed by atoms with Crippen molar-refractivity contribution in [2.24, 2.45) is 9.98 Å². The van der Waals surface area contributed by atoms with Gasteiger partial charge in [-0.25, -0.2) is 0 Å². The molecule has 0 amide bonds. The van der Waals surface area contributed by atoms with Crippen molar-refractivity contribution >= 4 is 23.5 Å². The minimum atomic E-state index is 0.176.